The number of carboxylic acid groups (broad SMARTS) is 1. The Kier molecular flexibility index (Phi) is 1.59. The first-order valence-corrected chi connectivity index (χ1v) is 4.97. The number of hydrogen-bond donors (Lipinski definition) is 2. The minimum atomic E-state index is -0.922. The van der Waals surface area contributed by atoms with Crippen molar-refractivity contribution in [3.63, 3.8) is 0 Å². The van der Waals surface area contributed by atoms with E-state index in [4.69, 9.17) is 5.11 Å². The second-order valence-corrected chi connectivity index (χ2v) is 3.92. The van der Waals surface area contributed by atoms with Crippen LogP contribution in [0.3, 0.4) is 0 Å². The summed E-state index contributed by atoms with van der Waals surface area (Å²) in [5.74, 6) is -0.367. The lowest BCUT2D eigenvalue weighted by atomic mass is 10.1. The number of fused-ring (bicyclic) bond motifs is 1. The highest BCUT2D eigenvalue weighted by Gasteiger charge is 2.28. The van der Waals surface area contributed by atoms with Gasteiger partial charge >= 0.3 is 5.97 Å². The van der Waals surface area contributed by atoms with Gasteiger partial charge in [-0.2, -0.15) is 5.10 Å². The van der Waals surface area contributed by atoms with Crippen LogP contribution in [0.15, 0.2) is 18.2 Å². The van der Waals surface area contributed by atoms with Crippen LogP contribution < -0.4 is 0 Å². The van der Waals surface area contributed by atoms with E-state index in [1.54, 1.807) is 12.1 Å². The van der Waals surface area contributed by atoms with Crippen molar-refractivity contribution in [2.75, 3.05) is 0 Å². The van der Waals surface area contributed by atoms with Crippen LogP contribution in [-0.4, -0.2) is 21.3 Å². The third-order valence-electron chi connectivity index (χ3n) is 2.83. The van der Waals surface area contributed by atoms with E-state index in [1.165, 1.54) is 12.8 Å². The Labute approximate surface area is 85.9 Å². The molecule has 2 aromatic rings. The van der Waals surface area contributed by atoms with Gasteiger partial charge in [-0.3, -0.25) is 5.10 Å². The average Bonchev–Trinajstić information content (AvgIpc) is 2.97. The predicted octanol–water partition coefficient (Wildman–Crippen LogP) is 2.14. The molecule has 15 heavy (non-hydrogen) atoms. The van der Waals surface area contributed by atoms with E-state index in [1.807, 2.05) is 6.07 Å². The number of para-hydroxylation sites is 1. The number of hydrogen-bond acceptors (Lipinski definition) is 2. The first-order valence-electron chi connectivity index (χ1n) is 4.97. The zero-order valence-corrected chi connectivity index (χ0v) is 8.03. The molecule has 0 aliphatic heterocycles. The van der Waals surface area contributed by atoms with Crippen LogP contribution in [0, 0.1) is 0 Å². The van der Waals surface area contributed by atoms with Gasteiger partial charge in [0.15, 0.2) is 0 Å². The topological polar surface area (TPSA) is 66.0 Å². The normalized spacial score (nSPS) is 15.7. The smallest absolute Gasteiger partial charge is 0.337 e. The van der Waals surface area contributed by atoms with Crippen LogP contribution >= 0.6 is 0 Å². The molecule has 0 radical (unpaired) electrons. The third-order valence-corrected chi connectivity index (χ3v) is 2.83. The molecule has 4 nitrogen and oxygen atoms in total. The number of rotatable bonds is 2. The van der Waals surface area contributed by atoms with Crippen LogP contribution in [0.5, 0.6) is 0 Å². The van der Waals surface area contributed by atoms with Gasteiger partial charge < -0.3 is 5.11 Å². The Morgan fingerprint density at radius 2 is 2.27 bits per heavy atom. The molecule has 0 unspecified atom stereocenters. The minimum Gasteiger partial charge on any atom is -0.478 e. The molecule has 0 spiro atoms. The molecule has 4 heteroatoms. The Morgan fingerprint density at radius 3 is 2.93 bits per heavy atom. The molecule has 0 saturated heterocycles. The van der Waals surface area contributed by atoms with Crippen molar-refractivity contribution in [2.45, 2.75) is 18.8 Å². The molecular weight excluding hydrogens is 192 g/mol. The standard InChI is InChI=1S/C11H10N2O2/c14-11(15)8-3-1-2-7-9(6-4-5-6)12-13-10(7)8/h1-3,6H,4-5H2,(H,12,13)(H,14,15). The summed E-state index contributed by atoms with van der Waals surface area (Å²) in [6, 6.07) is 5.29. The summed E-state index contributed by atoms with van der Waals surface area (Å²) >= 11 is 0. The largest absolute Gasteiger partial charge is 0.478 e. The Bertz CT molecular complexity index is 541. The van der Waals surface area contributed by atoms with Crippen LogP contribution in [0.1, 0.15) is 34.8 Å². The number of carbonyl (C=O) groups is 1. The zero-order chi connectivity index (χ0) is 10.4. The summed E-state index contributed by atoms with van der Waals surface area (Å²) in [7, 11) is 0. The average molecular weight is 202 g/mol. The van der Waals surface area contributed by atoms with Gasteiger partial charge in [-0.1, -0.05) is 12.1 Å². The van der Waals surface area contributed by atoms with Gasteiger partial charge in [0.2, 0.25) is 0 Å². The highest BCUT2D eigenvalue weighted by Crippen LogP contribution is 2.42. The van der Waals surface area contributed by atoms with Crippen LogP contribution in [0.4, 0.5) is 0 Å². The maximum absolute atomic E-state index is 11.0. The van der Waals surface area contributed by atoms with Gasteiger partial charge in [0.05, 0.1) is 5.56 Å². The van der Waals surface area contributed by atoms with Gasteiger partial charge in [0.1, 0.15) is 5.52 Å². The first-order chi connectivity index (χ1) is 7.27. The van der Waals surface area contributed by atoms with Gasteiger partial charge in [0, 0.05) is 17.0 Å². The highest BCUT2D eigenvalue weighted by atomic mass is 16.4. The molecule has 1 saturated carbocycles. The molecule has 1 aliphatic carbocycles. The lowest BCUT2D eigenvalue weighted by molar-refractivity contribution is 0.0699. The van der Waals surface area contributed by atoms with E-state index in [0.29, 0.717) is 11.4 Å². The summed E-state index contributed by atoms with van der Waals surface area (Å²) in [5.41, 5.74) is 1.94. The fourth-order valence-corrected chi connectivity index (χ4v) is 1.91. The quantitative estimate of drug-likeness (QED) is 0.784. The van der Waals surface area contributed by atoms with Gasteiger partial charge in [-0.05, 0) is 18.9 Å². The number of aromatic amines is 1. The molecule has 1 heterocycles. The van der Waals surface area contributed by atoms with E-state index < -0.39 is 5.97 Å². The molecule has 1 fully saturated rings. The number of H-pyrrole nitrogens is 1. The van der Waals surface area contributed by atoms with Crippen LogP contribution in [0.25, 0.3) is 10.9 Å². The summed E-state index contributed by atoms with van der Waals surface area (Å²) < 4.78 is 0. The maximum Gasteiger partial charge on any atom is 0.337 e. The molecule has 0 amide bonds. The Balaban J connectivity index is 2.27. The SMILES string of the molecule is O=C(O)c1cccc2c(C3CC3)[nH]nc12. The maximum atomic E-state index is 11.0. The lowest BCUT2D eigenvalue weighted by Gasteiger charge is -1.96. The molecule has 2 N–H and O–H groups in total. The number of carboxylic acids is 1. The van der Waals surface area contributed by atoms with Gasteiger partial charge in [-0.15, -0.1) is 0 Å². The van der Waals surface area contributed by atoms with Crippen molar-refractivity contribution in [1.29, 1.82) is 0 Å². The molecule has 1 aromatic heterocycles. The number of aromatic nitrogens is 2. The van der Waals surface area contributed by atoms with Gasteiger partial charge in [0.25, 0.3) is 0 Å². The van der Waals surface area contributed by atoms with Crippen molar-refractivity contribution >= 4 is 16.9 Å². The van der Waals surface area contributed by atoms with Crippen molar-refractivity contribution in [1.82, 2.24) is 10.2 Å². The van der Waals surface area contributed by atoms with Crippen molar-refractivity contribution < 1.29 is 9.90 Å². The minimum absolute atomic E-state index is 0.274. The molecule has 0 bridgehead atoms. The van der Waals surface area contributed by atoms with E-state index in [9.17, 15) is 4.79 Å². The predicted molar refractivity (Wildman–Crippen MR) is 55.0 cm³/mol. The fourth-order valence-electron chi connectivity index (χ4n) is 1.91. The Hall–Kier alpha value is -1.84. The van der Waals surface area contributed by atoms with E-state index in [0.717, 1.165) is 11.1 Å². The lowest BCUT2D eigenvalue weighted by Crippen LogP contribution is -1.96. The number of benzene rings is 1. The fraction of sp³-hybridized carbons (Fsp3) is 0.273. The number of aromatic carboxylic acids is 1. The van der Waals surface area contributed by atoms with Crippen molar-refractivity contribution in [2.24, 2.45) is 0 Å². The zero-order valence-electron chi connectivity index (χ0n) is 8.03. The molecular formula is C11H10N2O2. The summed E-state index contributed by atoms with van der Waals surface area (Å²) in [6.45, 7) is 0. The summed E-state index contributed by atoms with van der Waals surface area (Å²) in [5, 5.41) is 17.0. The Morgan fingerprint density at radius 1 is 1.47 bits per heavy atom. The summed E-state index contributed by atoms with van der Waals surface area (Å²) in [6.07, 6.45) is 2.35. The van der Waals surface area contributed by atoms with Crippen LogP contribution in [-0.2, 0) is 0 Å². The van der Waals surface area contributed by atoms with E-state index >= 15 is 0 Å². The third kappa shape index (κ3) is 1.21. The molecule has 1 aliphatic rings. The highest BCUT2D eigenvalue weighted by molar-refractivity contribution is 6.02. The van der Waals surface area contributed by atoms with Crippen molar-refractivity contribution in [3.05, 3.63) is 29.5 Å². The molecule has 1 aromatic carbocycles. The van der Waals surface area contributed by atoms with Crippen LogP contribution in [0.2, 0.25) is 0 Å². The molecule has 76 valence electrons. The first kappa shape index (κ1) is 8.47. The van der Waals surface area contributed by atoms with E-state index in [-0.39, 0.29) is 5.56 Å². The molecule has 0 atom stereocenters. The second kappa shape index (κ2) is 2.82. The van der Waals surface area contributed by atoms with Crippen molar-refractivity contribution in [3.8, 4) is 0 Å². The van der Waals surface area contributed by atoms with Gasteiger partial charge in [-0.25, -0.2) is 4.79 Å². The number of nitrogens with zero attached hydrogens (tertiary/aromatic N) is 1. The van der Waals surface area contributed by atoms with E-state index in [2.05, 4.69) is 10.2 Å². The summed E-state index contributed by atoms with van der Waals surface area (Å²) in [4.78, 5) is 11.0. The monoisotopic (exact) mass is 202 g/mol. The molecule has 3 rings (SSSR count). The number of nitrogens with one attached hydrogen (secondary N) is 1. The second-order valence-electron chi connectivity index (χ2n) is 3.92.